The molecule has 140 valence electrons. The van der Waals surface area contributed by atoms with Crippen LogP contribution in [0.2, 0.25) is 0 Å². The summed E-state index contributed by atoms with van der Waals surface area (Å²) >= 11 is 0. The average molecular weight is 354 g/mol. The lowest BCUT2D eigenvalue weighted by molar-refractivity contribution is 0.259. The summed E-state index contributed by atoms with van der Waals surface area (Å²) in [5.74, 6) is 1.57. The van der Waals surface area contributed by atoms with Crippen LogP contribution in [-0.2, 0) is 13.2 Å². The lowest BCUT2D eigenvalue weighted by Crippen LogP contribution is -2.37. The molecule has 1 heterocycles. The zero-order valence-corrected chi connectivity index (χ0v) is 15.9. The first kappa shape index (κ1) is 18.7. The first-order valence-electron chi connectivity index (χ1n) is 9.58. The van der Waals surface area contributed by atoms with Gasteiger partial charge in [0, 0.05) is 19.1 Å². The molecule has 0 saturated carbocycles. The number of hydrogen-bond donors (Lipinski definition) is 1. The van der Waals surface area contributed by atoms with Gasteiger partial charge in [-0.1, -0.05) is 43.3 Å². The predicted octanol–water partition coefficient (Wildman–Crippen LogP) is 3.85. The number of nitrogens with zero attached hydrogens (tertiary/aromatic N) is 1. The van der Waals surface area contributed by atoms with Gasteiger partial charge in [0.25, 0.3) is 0 Å². The Balaban J connectivity index is 1.56. The van der Waals surface area contributed by atoms with E-state index in [1.54, 1.807) is 7.11 Å². The molecule has 1 aliphatic heterocycles. The van der Waals surface area contributed by atoms with Gasteiger partial charge in [0.05, 0.1) is 7.11 Å². The first-order chi connectivity index (χ1) is 12.8. The van der Waals surface area contributed by atoms with Gasteiger partial charge in [-0.3, -0.25) is 4.90 Å². The monoisotopic (exact) mass is 354 g/mol. The molecule has 0 aromatic heterocycles. The number of likely N-dealkylation sites (tertiary alicyclic amines) is 1. The fourth-order valence-corrected chi connectivity index (χ4v) is 3.60. The molecule has 1 N–H and O–H groups in total. The van der Waals surface area contributed by atoms with E-state index in [0.717, 1.165) is 36.7 Å². The minimum absolute atomic E-state index is 0.543. The quantitative estimate of drug-likeness (QED) is 0.742. The Morgan fingerprint density at radius 2 is 1.92 bits per heavy atom. The molecule has 4 heteroatoms. The van der Waals surface area contributed by atoms with Crippen molar-refractivity contribution in [3.8, 4) is 11.5 Å². The molecule has 3 rings (SSSR count). The lowest BCUT2D eigenvalue weighted by atomic mass is 10.1. The van der Waals surface area contributed by atoms with Crippen molar-refractivity contribution in [1.29, 1.82) is 0 Å². The van der Waals surface area contributed by atoms with Crippen LogP contribution in [0.4, 0.5) is 0 Å². The summed E-state index contributed by atoms with van der Waals surface area (Å²) in [6.07, 6.45) is 2.62. The van der Waals surface area contributed by atoms with E-state index in [0.29, 0.717) is 12.6 Å². The number of benzene rings is 2. The van der Waals surface area contributed by atoms with Crippen LogP contribution in [0.1, 0.15) is 30.9 Å². The van der Waals surface area contributed by atoms with Gasteiger partial charge in [0.15, 0.2) is 11.5 Å². The van der Waals surface area contributed by atoms with E-state index in [1.165, 1.54) is 24.9 Å². The molecule has 2 aromatic carbocycles. The highest BCUT2D eigenvalue weighted by Crippen LogP contribution is 2.29. The number of methoxy groups -OCH3 is 1. The third-order valence-electron chi connectivity index (χ3n) is 5.08. The summed E-state index contributed by atoms with van der Waals surface area (Å²) in [5, 5.41) is 3.61. The maximum Gasteiger partial charge on any atom is 0.161 e. The molecule has 1 atom stereocenters. The van der Waals surface area contributed by atoms with Crippen LogP contribution in [0.3, 0.4) is 0 Å². The summed E-state index contributed by atoms with van der Waals surface area (Å²) < 4.78 is 11.5. The Labute approximate surface area is 157 Å². The van der Waals surface area contributed by atoms with Crippen molar-refractivity contribution in [2.24, 2.45) is 0 Å². The standard InChI is InChI=1S/C22H30N2O2/c1-3-24-13-7-10-20(24)16-23-15-19-11-12-21(25-2)22(14-19)26-17-18-8-5-4-6-9-18/h4-6,8-9,11-12,14,20,23H,3,7,10,13,15-17H2,1-2H3. The van der Waals surface area contributed by atoms with Gasteiger partial charge in [-0.05, 0) is 49.2 Å². The third-order valence-corrected chi connectivity index (χ3v) is 5.08. The Morgan fingerprint density at radius 3 is 2.69 bits per heavy atom. The normalized spacial score (nSPS) is 17.4. The molecule has 0 amide bonds. The molecular formula is C22H30N2O2. The molecule has 0 bridgehead atoms. The summed E-state index contributed by atoms with van der Waals surface area (Å²) in [6.45, 7) is 7.06. The molecule has 1 unspecified atom stereocenters. The predicted molar refractivity (Wildman–Crippen MR) is 106 cm³/mol. The van der Waals surface area contributed by atoms with Crippen LogP contribution in [0.15, 0.2) is 48.5 Å². The van der Waals surface area contributed by atoms with E-state index in [9.17, 15) is 0 Å². The molecule has 0 aliphatic carbocycles. The Hall–Kier alpha value is -2.04. The van der Waals surface area contributed by atoms with Gasteiger partial charge in [-0.25, -0.2) is 0 Å². The van der Waals surface area contributed by atoms with E-state index in [2.05, 4.69) is 41.4 Å². The second-order valence-electron chi connectivity index (χ2n) is 6.82. The van der Waals surface area contributed by atoms with Crippen molar-refractivity contribution in [2.75, 3.05) is 26.7 Å². The summed E-state index contributed by atoms with van der Waals surface area (Å²) in [5.41, 5.74) is 2.37. The highest BCUT2D eigenvalue weighted by atomic mass is 16.5. The van der Waals surface area contributed by atoms with E-state index in [4.69, 9.17) is 9.47 Å². The Morgan fingerprint density at radius 1 is 1.08 bits per heavy atom. The van der Waals surface area contributed by atoms with E-state index in [-0.39, 0.29) is 0 Å². The Kier molecular flexibility index (Phi) is 6.92. The third kappa shape index (κ3) is 4.99. The van der Waals surface area contributed by atoms with Crippen molar-refractivity contribution in [3.63, 3.8) is 0 Å². The fourth-order valence-electron chi connectivity index (χ4n) is 3.60. The summed E-state index contributed by atoms with van der Waals surface area (Å²) in [6, 6.07) is 17.1. The molecule has 26 heavy (non-hydrogen) atoms. The molecule has 1 fully saturated rings. The van der Waals surface area contributed by atoms with Gasteiger partial charge in [-0.2, -0.15) is 0 Å². The van der Waals surface area contributed by atoms with Crippen LogP contribution in [0, 0.1) is 0 Å². The molecular weight excluding hydrogens is 324 g/mol. The molecule has 1 aliphatic rings. The molecule has 0 radical (unpaired) electrons. The topological polar surface area (TPSA) is 33.7 Å². The van der Waals surface area contributed by atoms with E-state index < -0.39 is 0 Å². The number of ether oxygens (including phenoxy) is 2. The van der Waals surface area contributed by atoms with Crippen molar-refractivity contribution >= 4 is 0 Å². The van der Waals surface area contributed by atoms with Gasteiger partial charge >= 0.3 is 0 Å². The summed E-state index contributed by atoms with van der Waals surface area (Å²) in [4.78, 5) is 2.56. The molecule has 0 spiro atoms. The van der Waals surface area contributed by atoms with Gasteiger partial charge in [-0.15, -0.1) is 0 Å². The van der Waals surface area contributed by atoms with E-state index >= 15 is 0 Å². The Bertz CT molecular complexity index is 675. The number of hydrogen-bond acceptors (Lipinski definition) is 4. The fraction of sp³-hybridized carbons (Fsp3) is 0.455. The second-order valence-corrected chi connectivity index (χ2v) is 6.82. The van der Waals surface area contributed by atoms with Crippen LogP contribution in [0.25, 0.3) is 0 Å². The minimum atomic E-state index is 0.543. The van der Waals surface area contributed by atoms with Crippen molar-refractivity contribution < 1.29 is 9.47 Å². The largest absolute Gasteiger partial charge is 0.493 e. The smallest absolute Gasteiger partial charge is 0.161 e. The first-order valence-corrected chi connectivity index (χ1v) is 9.58. The summed E-state index contributed by atoms with van der Waals surface area (Å²) in [7, 11) is 1.68. The van der Waals surface area contributed by atoms with Crippen LogP contribution in [0.5, 0.6) is 11.5 Å². The van der Waals surface area contributed by atoms with Gasteiger partial charge in [0.1, 0.15) is 6.61 Å². The van der Waals surface area contributed by atoms with Crippen LogP contribution < -0.4 is 14.8 Å². The zero-order valence-electron chi connectivity index (χ0n) is 15.9. The number of likely N-dealkylation sites (N-methyl/N-ethyl adjacent to an activating group) is 1. The maximum absolute atomic E-state index is 6.01. The highest BCUT2D eigenvalue weighted by molar-refractivity contribution is 5.43. The van der Waals surface area contributed by atoms with Gasteiger partial charge in [0.2, 0.25) is 0 Å². The van der Waals surface area contributed by atoms with Crippen molar-refractivity contribution in [3.05, 3.63) is 59.7 Å². The van der Waals surface area contributed by atoms with Gasteiger partial charge < -0.3 is 14.8 Å². The zero-order chi connectivity index (χ0) is 18.2. The highest BCUT2D eigenvalue weighted by Gasteiger charge is 2.22. The molecule has 1 saturated heterocycles. The van der Waals surface area contributed by atoms with E-state index in [1.807, 2.05) is 24.3 Å². The maximum atomic E-state index is 6.01. The minimum Gasteiger partial charge on any atom is -0.493 e. The lowest BCUT2D eigenvalue weighted by Gasteiger charge is -2.23. The number of nitrogens with one attached hydrogen (secondary N) is 1. The molecule has 2 aromatic rings. The second kappa shape index (κ2) is 9.60. The molecule has 4 nitrogen and oxygen atoms in total. The number of rotatable bonds is 9. The van der Waals surface area contributed by atoms with Crippen molar-refractivity contribution in [2.45, 2.75) is 39.0 Å². The average Bonchev–Trinajstić information content (AvgIpc) is 3.15. The van der Waals surface area contributed by atoms with Crippen LogP contribution >= 0.6 is 0 Å². The SMILES string of the molecule is CCN1CCCC1CNCc1ccc(OC)c(OCc2ccccc2)c1. The van der Waals surface area contributed by atoms with Crippen LogP contribution in [-0.4, -0.2) is 37.7 Å². The van der Waals surface area contributed by atoms with Crippen molar-refractivity contribution in [1.82, 2.24) is 10.2 Å².